The zero-order chi connectivity index (χ0) is 50.0. The second kappa shape index (κ2) is 58.4. The zero-order valence-corrected chi connectivity index (χ0v) is 46.0. The number of rotatable bonds is 56. The number of carbonyl (C=O) groups excluding carboxylic acids is 2. The van der Waals surface area contributed by atoms with Gasteiger partial charge in [0.25, 0.3) is 0 Å². The van der Waals surface area contributed by atoms with E-state index in [1.807, 2.05) is 6.08 Å². The average molecular weight is 969 g/mol. The molecule has 0 heterocycles. The first-order valence-corrected chi connectivity index (χ1v) is 30.4. The summed E-state index contributed by atoms with van der Waals surface area (Å²) < 4.78 is 5.44. The molecule has 0 fully saturated rings. The molecule has 2 unspecified atom stereocenters. The van der Waals surface area contributed by atoms with Crippen LogP contribution in [0.15, 0.2) is 48.6 Å². The maximum Gasteiger partial charge on any atom is 0.305 e. The van der Waals surface area contributed by atoms with Gasteiger partial charge in [-0.15, -0.1) is 0 Å². The summed E-state index contributed by atoms with van der Waals surface area (Å²) in [5.74, 6) is -0.100. The predicted molar refractivity (Wildman–Crippen MR) is 301 cm³/mol. The molecule has 3 N–H and O–H groups in total. The lowest BCUT2D eigenvalue weighted by Gasteiger charge is -2.20. The molecular formula is C63H117NO5. The second-order valence-corrected chi connectivity index (χ2v) is 20.7. The van der Waals surface area contributed by atoms with Gasteiger partial charge in [-0.05, 0) is 89.9 Å². The molecular weight excluding hydrogens is 851 g/mol. The Hall–Kier alpha value is -2.18. The Bertz CT molecular complexity index is 1160. The fourth-order valence-electron chi connectivity index (χ4n) is 9.15. The van der Waals surface area contributed by atoms with Gasteiger partial charge >= 0.3 is 5.97 Å². The number of aliphatic hydroxyl groups is 2. The summed E-state index contributed by atoms with van der Waals surface area (Å²) in [6.45, 7) is 4.85. The Morgan fingerprint density at radius 2 is 0.725 bits per heavy atom. The van der Waals surface area contributed by atoms with Gasteiger partial charge in [-0.1, -0.05) is 262 Å². The summed E-state index contributed by atoms with van der Waals surface area (Å²) in [6, 6.07) is -0.637. The van der Waals surface area contributed by atoms with Crippen LogP contribution in [0.5, 0.6) is 0 Å². The van der Waals surface area contributed by atoms with Crippen molar-refractivity contribution in [3.63, 3.8) is 0 Å². The molecule has 0 aliphatic rings. The lowest BCUT2D eigenvalue weighted by Crippen LogP contribution is -2.45. The molecule has 0 saturated heterocycles. The molecule has 2 atom stereocenters. The third-order valence-electron chi connectivity index (χ3n) is 13.8. The minimum Gasteiger partial charge on any atom is -0.466 e. The molecule has 0 aliphatic heterocycles. The maximum atomic E-state index is 12.5. The molecule has 0 radical (unpaired) electrons. The number of carbonyl (C=O) groups is 2. The highest BCUT2D eigenvalue weighted by molar-refractivity contribution is 5.76. The fourth-order valence-corrected chi connectivity index (χ4v) is 9.15. The number of aliphatic hydroxyl groups excluding tert-OH is 2. The SMILES string of the molecule is CCCCCC/C=C\CCCCCCCC(=O)OCCCCC/C=C\C=C/CCCCCCCCCCCCC(=O)NC(CO)C(O)/C=C/CCCCCCCCCCCCCCCCCCCC. The van der Waals surface area contributed by atoms with E-state index in [9.17, 15) is 19.8 Å². The molecule has 0 rings (SSSR count). The van der Waals surface area contributed by atoms with E-state index >= 15 is 0 Å². The highest BCUT2D eigenvalue weighted by Gasteiger charge is 2.18. The number of allylic oxidation sites excluding steroid dienone is 7. The van der Waals surface area contributed by atoms with Crippen molar-refractivity contribution in [2.45, 2.75) is 328 Å². The Morgan fingerprint density at radius 1 is 0.406 bits per heavy atom. The second-order valence-electron chi connectivity index (χ2n) is 20.7. The van der Waals surface area contributed by atoms with E-state index in [0.29, 0.717) is 19.4 Å². The number of hydrogen-bond acceptors (Lipinski definition) is 5. The smallest absolute Gasteiger partial charge is 0.305 e. The summed E-state index contributed by atoms with van der Waals surface area (Å²) in [6.07, 6.45) is 74.3. The van der Waals surface area contributed by atoms with Gasteiger partial charge in [0.15, 0.2) is 0 Å². The van der Waals surface area contributed by atoms with Gasteiger partial charge in [0.1, 0.15) is 0 Å². The minimum absolute atomic E-state index is 0.0236. The summed E-state index contributed by atoms with van der Waals surface area (Å²) >= 11 is 0. The molecule has 1 amide bonds. The number of amides is 1. The highest BCUT2D eigenvalue weighted by atomic mass is 16.5. The molecule has 6 nitrogen and oxygen atoms in total. The number of ether oxygens (including phenoxy) is 1. The van der Waals surface area contributed by atoms with Gasteiger partial charge in [0.05, 0.1) is 25.4 Å². The summed E-state index contributed by atoms with van der Waals surface area (Å²) in [7, 11) is 0. The van der Waals surface area contributed by atoms with Crippen molar-refractivity contribution in [3.05, 3.63) is 48.6 Å². The van der Waals surface area contributed by atoms with Gasteiger partial charge in [0, 0.05) is 12.8 Å². The van der Waals surface area contributed by atoms with Crippen LogP contribution in [-0.4, -0.2) is 47.4 Å². The van der Waals surface area contributed by atoms with Crippen molar-refractivity contribution >= 4 is 11.9 Å². The Labute approximate surface area is 429 Å². The largest absolute Gasteiger partial charge is 0.466 e. The lowest BCUT2D eigenvalue weighted by molar-refractivity contribution is -0.143. The van der Waals surface area contributed by atoms with Crippen LogP contribution < -0.4 is 5.32 Å². The van der Waals surface area contributed by atoms with Gasteiger partial charge in [-0.2, -0.15) is 0 Å². The quantitative estimate of drug-likeness (QED) is 0.0244. The van der Waals surface area contributed by atoms with Crippen molar-refractivity contribution in [1.82, 2.24) is 5.32 Å². The number of unbranched alkanes of at least 4 members (excludes halogenated alkanes) is 40. The normalized spacial score (nSPS) is 12.9. The Kier molecular flexibility index (Phi) is 56.5. The van der Waals surface area contributed by atoms with Crippen LogP contribution >= 0.6 is 0 Å². The minimum atomic E-state index is -0.853. The van der Waals surface area contributed by atoms with Gasteiger partial charge < -0.3 is 20.3 Å². The van der Waals surface area contributed by atoms with E-state index in [1.54, 1.807) is 6.08 Å². The van der Waals surface area contributed by atoms with Crippen LogP contribution in [0.2, 0.25) is 0 Å². The van der Waals surface area contributed by atoms with Gasteiger partial charge in [-0.3, -0.25) is 9.59 Å². The van der Waals surface area contributed by atoms with E-state index in [-0.39, 0.29) is 18.5 Å². The summed E-state index contributed by atoms with van der Waals surface area (Å²) in [5.41, 5.74) is 0. The topological polar surface area (TPSA) is 95.9 Å². The van der Waals surface area contributed by atoms with Crippen molar-refractivity contribution < 1.29 is 24.5 Å². The third kappa shape index (κ3) is 55.0. The molecule has 0 aliphatic carbocycles. The fraction of sp³-hybridized carbons (Fsp3) is 0.841. The average Bonchev–Trinajstić information content (AvgIpc) is 3.35. The van der Waals surface area contributed by atoms with Crippen LogP contribution in [0.4, 0.5) is 0 Å². The molecule has 69 heavy (non-hydrogen) atoms. The van der Waals surface area contributed by atoms with Crippen molar-refractivity contribution in [1.29, 1.82) is 0 Å². The Balaban J connectivity index is 3.52. The van der Waals surface area contributed by atoms with Crippen LogP contribution in [0.1, 0.15) is 316 Å². The van der Waals surface area contributed by atoms with Crippen LogP contribution in [0.3, 0.4) is 0 Å². The molecule has 0 aromatic rings. The standard InChI is InChI=1S/C63H117NO5/c1-3-5-7-9-11-13-15-17-18-19-20-22-25-28-32-35-39-43-47-51-55-61(66)60(59-65)64-62(67)56-52-48-44-40-36-33-29-26-23-21-24-27-30-34-38-42-46-50-54-58-69-63(68)57-53-49-45-41-37-31-16-14-12-10-8-6-4-2/h14,16,27,30,34,38,51,55,60-61,65-66H,3-13,15,17-26,28-29,31-33,35-37,39-50,52-54,56-59H2,1-2H3,(H,64,67)/b16-14-,30-27-,38-34-,55-51+. The van der Waals surface area contributed by atoms with Gasteiger partial charge in [-0.25, -0.2) is 0 Å². The monoisotopic (exact) mass is 968 g/mol. The predicted octanol–water partition coefficient (Wildman–Crippen LogP) is 19.0. The number of esters is 1. The maximum absolute atomic E-state index is 12.5. The van der Waals surface area contributed by atoms with E-state index in [1.165, 1.54) is 212 Å². The van der Waals surface area contributed by atoms with E-state index < -0.39 is 12.1 Å². The number of nitrogens with one attached hydrogen (secondary N) is 1. The van der Waals surface area contributed by atoms with Crippen LogP contribution in [0, 0.1) is 0 Å². The molecule has 6 heteroatoms. The molecule has 0 saturated carbocycles. The van der Waals surface area contributed by atoms with E-state index in [0.717, 1.165) is 77.0 Å². The van der Waals surface area contributed by atoms with E-state index in [4.69, 9.17) is 4.74 Å². The summed E-state index contributed by atoms with van der Waals surface area (Å²) in [4.78, 5) is 24.5. The number of hydrogen-bond donors (Lipinski definition) is 3. The van der Waals surface area contributed by atoms with Gasteiger partial charge in [0.2, 0.25) is 5.91 Å². The zero-order valence-electron chi connectivity index (χ0n) is 46.0. The van der Waals surface area contributed by atoms with Crippen LogP contribution in [-0.2, 0) is 14.3 Å². The molecule has 404 valence electrons. The Morgan fingerprint density at radius 3 is 1.13 bits per heavy atom. The van der Waals surface area contributed by atoms with E-state index in [2.05, 4.69) is 55.6 Å². The van der Waals surface area contributed by atoms with Crippen molar-refractivity contribution in [2.24, 2.45) is 0 Å². The first kappa shape index (κ1) is 66.8. The first-order chi connectivity index (χ1) is 34.0. The third-order valence-corrected chi connectivity index (χ3v) is 13.8. The molecule has 0 aromatic carbocycles. The highest BCUT2D eigenvalue weighted by Crippen LogP contribution is 2.17. The first-order valence-electron chi connectivity index (χ1n) is 30.4. The molecule has 0 spiro atoms. The van der Waals surface area contributed by atoms with Crippen molar-refractivity contribution in [3.8, 4) is 0 Å². The van der Waals surface area contributed by atoms with Crippen LogP contribution in [0.25, 0.3) is 0 Å². The molecule has 0 bridgehead atoms. The lowest BCUT2D eigenvalue weighted by atomic mass is 10.0. The van der Waals surface area contributed by atoms with Crippen molar-refractivity contribution in [2.75, 3.05) is 13.2 Å². The summed E-state index contributed by atoms with van der Waals surface area (Å²) in [5, 5.41) is 23.2. The molecule has 0 aromatic heterocycles.